The Labute approximate surface area is 174 Å². The number of benzene rings is 2. The van der Waals surface area contributed by atoms with E-state index in [0.717, 1.165) is 34.5 Å². The summed E-state index contributed by atoms with van der Waals surface area (Å²) in [5, 5.41) is 18.9. The Hall–Kier alpha value is -3.81. The largest absolute Gasteiger partial charge is 0.463 e. The zero-order valence-corrected chi connectivity index (χ0v) is 17.0. The third-order valence-electron chi connectivity index (χ3n) is 4.57. The van der Waals surface area contributed by atoms with Crippen molar-refractivity contribution in [3.05, 3.63) is 66.0 Å². The van der Waals surface area contributed by atoms with Crippen LogP contribution in [0.3, 0.4) is 0 Å². The van der Waals surface area contributed by atoms with Gasteiger partial charge in [0.05, 0.1) is 13.2 Å². The molecule has 0 saturated heterocycles. The highest BCUT2D eigenvalue weighted by Crippen LogP contribution is 2.29. The highest BCUT2D eigenvalue weighted by molar-refractivity contribution is 5.80. The van der Waals surface area contributed by atoms with E-state index in [1.165, 1.54) is 0 Å². The number of hydrogen-bond acceptors (Lipinski definition) is 6. The molecule has 8 nitrogen and oxygen atoms in total. The Kier molecular flexibility index (Phi) is 5.93. The highest BCUT2D eigenvalue weighted by Gasteiger charge is 2.12. The number of hydrogen-bond donors (Lipinski definition) is 1. The second kappa shape index (κ2) is 9.13. The molecule has 152 valence electrons. The van der Waals surface area contributed by atoms with E-state index in [0.29, 0.717) is 25.0 Å². The summed E-state index contributed by atoms with van der Waals surface area (Å²) in [5.74, 6) is 1.36. The SMILES string of the molecule is CC/C=C/c1nc(OCC)nn1Cc1ccc(-c2ccccc2-c2nn[nH]n2)cc1. The van der Waals surface area contributed by atoms with Crippen LogP contribution in [0.25, 0.3) is 28.6 Å². The average molecular weight is 401 g/mol. The number of aromatic amines is 1. The van der Waals surface area contributed by atoms with E-state index >= 15 is 0 Å². The molecule has 4 rings (SSSR count). The Morgan fingerprint density at radius 3 is 2.53 bits per heavy atom. The fraction of sp³-hybridized carbons (Fsp3) is 0.227. The Bertz CT molecular complexity index is 1110. The molecule has 0 aliphatic heterocycles. The minimum atomic E-state index is 0.402. The number of allylic oxidation sites excluding steroid dienone is 1. The fourth-order valence-electron chi connectivity index (χ4n) is 3.15. The number of aromatic nitrogens is 7. The molecule has 30 heavy (non-hydrogen) atoms. The van der Waals surface area contributed by atoms with Gasteiger partial charge in [0, 0.05) is 5.56 Å². The molecule has 0 spiro atoms. The summed E-state index contributed by atoms with van der Waals surface area (Å²) in [4.78, 5) is 4.46. The van der Waals surface area contributed by atoms with Gasteiger partial charge in [0.15, 0.2) is 5.82 Å². The molecule has 0 unspecified atom stereocenters. The van der Waals surface area contributed by atoms with E-state index in [2.05, 4.69) is 74.0 Å². The number of ether oxygens (including phenoxy) is 1. The molecule has 2 aromatic carbocycles. The van der Waals surface area contributed by atoms with Crippen LogP contribution in [0.1, 0.15) is 31.7 Å². The predicted octanol–water partition coefficient (Wildman–Crippen LogP) is 4.00. The average Bonchev–Trinajstić information content (AvgIpc) is 3.44. The minimum Gasteiger partial charge on any atom is -0.463 e. The summed E-state index contributed by atoms with van der Waals surface area (Å²) >= 11 is 0. The van der Waals surface area contributed by atoms with E-state index in [1.54, 1.807) is 0 Å². The lowest BCUT2D eigenvalue weighted by Crippen LogP contribution is -2.04. The monoisotopic (exact) mass is 401 g/mol. The molecule has 0 saturated carbocycles. The van der Waals surface area contributed by atoms with E-state index in [1.807, 2.05) is 35.9 Å². The molecule has 4 aromatic rings. The second-order valence-electron chi connectivity index (χ2n) is 6.63. The first-order valence-corrected chi connectivity index (χ1v) is 9.94. The minimum absolute atomic E-state index is 0.402. The van der Waals surface area contributed by atoms with Gasteiger partial charge in [-0.05, 0) is 41.3 Å². The quantitative estimate of drug-likeness (QED) is 0.480. The van der Waals surface area contributed by atoms with Gasteiger partial charge in [-0.25, -0.2) is 4.68 Å². The highest BCUT2D eigenvalue weighted by atomic mass is 16.5. The summed E-state index contributed by atoms with van der Waals surface area (Å²) in [6.45, 7) is 5.16. The molecule has 0 atom stereocenters. The van der Waals surface area contributed by atoms with E-state index in [-0.39, 0.29) is 0 Å². The van der Waals surface area contributed by atoms with Crippen LogP contribution in [0.15, 0.2) is 54.6 Å². The summed E-state index contributed by atoms with van der Waals surface area (Å²) in [7, 11) is 0. The molecule has 1 N–H and O–H groups in total. The molecular weight excluding hydrogens is 378 g/mol. The van der Waals surface area contributed by atoms with Gasteiger partial charge in [-0.1, -0.05) is 61.5 Å². The van der Waals surface area contributed by atoms with Crippen LogP contribution in [0.2, 0.25) is 0 Å². The molecule has 0 fully saturated rings. The first-order chi connectivity index (χ1) is 14.8. The van der Waals surface area contributed by atoms with Crippen LogP contribution >= 0.6 is 0 Å². The molecular formula is C22H23N7O. The van der Waals surface area contributed by atoms with Crippen molar-refractivity contribution < 1.29 is 4.74 Å². The first kappa shape index (κ1) is 19.5. The van der Waals surface area contributed by atoms with Gasteiger partial charge in [-0.3, -0.25) is 0 Å². The maximum Gasteiger partial charge on any atom is 0.335 e. The Morgan fingerprint density at radius 2 is 1.83 bits per heavy atom. The summed E-state index contributed by atoms with van der Waals surface area (Å²) in [5.41, 5.74) is 4.19. The molecule has 2 aromatic heterocycles. The fourth-order valence-corrected chi connectivity index (χ4v) is 3.15. The van der Waals surface area contributed by atoms with Crippen molar-refractivity contribution in [3.8, 4) is 28.5 Å². The molecule has 0 aliphatic rings. The lowest BCUT2D eigenvalue weighted by Gasteiger charge is -2.08. The van der Waals surface area contributed by atoms with Crippen molar-refractivity contribution in [2.24, 2.45) is 0 Å². The van der Waals surface area contributed by atoms with E-state index in [9.17, 15) is 0 Å². The van der Waals surface area contributed by atoms with Crippen molar-refractivity contribution in [2.45, 2.75) is 26.8 Å². The Morgan fingerprint density at radius 1 is 1.03 bits per heavy atom. The molecule has 0 bridgehead atoms. The summed E-state index contributed by atoms with van der Waals surface area (Å²) in [6, 6.07) is 16.8. The standard InChI is InChI=1S/C22H23N7O/c1-3-5-10-20-23-22(30-4-2)26-29(20)15-16-11-13-17(14-12-16)18-8-6-7-9-19(18)21-24-27-28-25-21/h5-14H,3-4,15H2,1-2H3,(H,24,25,27,28)/b10-5+. The van der Waals surface area contributed by atoms with Crippen LogP contribution in [0.5, 0.6) is 6.01 Å². The normalized spacial score (nSPS) is 11.3. The zero-order chi connectivity index (χ0) is 20.8. The van der Waals surface area contributed by atoms with Crippen molar-refractivity contribution in [2.75, 3.05) is 6.61 Å². The summed E-state index contributed by atoms with van der Waals surface area (Å²) in [6.07, 6.45) is 4.98. The van der Waals surface area contributed by atoms with Gasteiger partial charge in [0.2, 0.25) is 5.82 Å². The van der Waals surface area contributed by atoms with Gasteiger partial charge >= 0.3 is 6.01 Å². The number of tetrazole rings is 1. The number of nitrogens with zero attached hydrogens (tertiary/aromatic N) is 6. The molecule has 0 amide bonds. The van der Waals surface area contributed by atoms with Crippen LogP contribution in [0.4, 0.5) is 0 Å². The molecule has 0 radical (unpaired) electrons. The first-order valence-electron chi connectivity index (χ1n) is 9.94. The van der Waals surface area contributed by atoms with Crippen molar-refractivity contribution in [1.29, 1.82) is 0 Å². The van der Waals surface area contributed by atoms with Crippen molar-refractivity contribution in [3.63, 3.8) is 0 Å². The second-order valence-corrected chi connectivity index (χ2v) is 6.63. The number of H-pyrrole nitrogens is 1. The predicted molar refractivity (Wildman–Crippen MR) is 115 cm³/mol. The van der Waals surface area contributed by atoms with E-state index < -0.39 is 0 Å². The van der Waals surface area contributed by atoms with Gasteiger partial charge in [0.25, 0.3) is 0 Å². The van der Waals surface area contributed by atoms with Gasteiger partial charge < -0.3 is 4.74 Å². The molecule has 2 heterocycles. The van der Waals surface area contributed by atoms with Crippen LogP contribution in [0, 0.1) is 0 Å². The van der Waals surface area contributed by atoms with Crippen molar-refractivity contribution in [1.82, 2.24) is 35.4 Å². The third kappa shape index (κ3) is 4.27. The number of nitrogens with one attached hydrogen (secondary N) is 1. The molecule has 8 heteroatoms. The lowest BCUT2D eigenvalue weighted by molar-refractivity contribution is 0.311. The van der Waals surface area contributed by atoms with E-state index in [4.69, 9.17) is 4.74 Å². The van der Waals surface area contributed by atoms with Gasteiger partial charge in [0.1, 0.15) is 0 Å². The maximum atomic E-state index is 5.47. The summed E-state index contributed by atoms with van der Waals surface area (Å²) < 4.78 is 7.33. The van der Waals surface area contributed by atoms with Crippen LogP contribution < -0.4 is 4.74 Å². The van der Waals surface area contributed by atoms with Crippen LogP contribution in [-0.4, -0.2) is 42.0 Å². The smallest absolute Gasteiger partial charge is 0.335 e. The molecule has 0 aliphatic carbocycles. The number of rotatable bonds is 8. The van der Waals surface area contributed by atoms with Crippen molar-refractivity contribution >= 4 is 6.08 Å². The third-order valence-corrected chi connectivity index (χ3v) is 4.57. The van der Waals surface area contributed by atoms with Gasteiger partial charge in [-0.15, -0.1) is 15.3 Å². The topological polar surface area (TPSA) is 94.4 Å². The van der Waals surface area contributed by atoms with Crippen LogP contribution in [-0.2, 0) is 6.54 Å². The zero-order valence-electron chi connectivity index (χ0n) is 17.0. The Balaban J connectivity index is 1.59. The maximum absolute atomic E-state index is 5.47. The lowest BCUT2D eigenvalue weighted by atomic mass is 9.98. The van der Waals surface area contributed by atoms with Gasteiger partial charge in [-0.2, -0.15) is 10.2 Å².